The van der Waals surface area contributed by atoms with Gasteiger partial charge < -0.3 is 5.32 Å². The Bertz CT molecular complexity index is 1140. The van der Waals surface area contributed by atoms with Crippen LogP contribution < -0.4 is 5.32 Å². The van der Waals surface area contributed by atoms with Crippen LogP contribution in [0.25, 0.3) is 16.7 Å². The van der Waals surface area contributed by atoms with Crippen LogP contribution in [0.2, 0.25) is 15.1 Å². The van der Waals surface area contributed by atoms with Crippen LogP contribution in [0.15, 0.2) is 60.9 Å². The summed E-state index contributed by atoms with van der Waals surface area (Å²) in [5.74, 6) is -0.365. The molecule has 8 heteroatoms. The molecule has 0 atom stereocenters. The molecule has 0 bridgehead atoms. The maximum Gasteiger partial charge on any atom is 0.258 e. The Labute approximate surface area is 169 Å². The first kappa shape index (κ1) is 17.8. The maximum absolute atomic E-state index is 12.6. The van der Waals surface area contributed by atoms with E-state index in [0.717, 1.165) is 5.69 Å². The lowest BCUT2D eigenvalue weighted by atomic mass is 10.2. The third-order valence-electron chi connectivity index (χ3n) is 3.95. The number of anilines is 1. The Morgan fingerprint density at radius 2 is 1.52 bits per heavy atom. The molecular formula is C19H11Cl3N4O. The van der Waals surface area contributed by atoms with Gasteiger partial charge >= 0.3 is 0 Å². The number of amides is 1. The second-order valence-corrected chi connectivity index (χ2v) is 6.97. The number of hydrogen-bond acceptors (Lipinski definition) is 3. The van der Waals surface area contributed by atoms with Crippen LogP contribution in [0.4, 0.5) is 5.69 Å². The van der Waals surface area contributed by atoms with Crippen molar-refractivity contribution in [2.24, 2.45) is 0 Å². The first-order valence-corrected chi connectivity index (χ1v) is 9.01. The van der Waals surface area contributed by atoms with Crippen LogP contribution in [0, 0.1) is 0 Å². The molecule has 1 amide bonds. The van der Waals surface area contributed by atoms with Crippen LogP contribution in [0.5, 0.6) is 0 Å². The highest BCUT2D eigenvalue weighted by molar-refractivity contribution is 6.38. The van der Waals surface area contributed by atoms with E-state index in [4.69, 9.17) is 34.8 Å². The largest absolute Gasteiger partial charge is 0.322 e. The molecule has 134 valence electrons. The third kappa shape index (κ3) is 3.49. The third-order valence-corrected chi connectivity index (χ3v) is 4.86. The fraction of sp³-hybridized carbons (Fsp3) is 0. The Morgan fingerprint density at radius 1 is 0.889 bits per heavy atom. The molecule has 27 heavy (non-hydrogen) atoms. The maximum atomic E-state index is 12.6. The van der Waals surface area contributed by atoms with Crippen LogP contribution in [-0.4, -0.2) is 20.7 Å². The van der Waals surface area contributed by atoms with Gasteiger partial charge in [0.25, 0.3) is 5.91 Å². The Morgan fingerprint density at radius 3 is 2.19 bits per heavy atom. The molecule has 0 fully saturated rings. The summed E-state index contributed by atoms with van der Waals surface area (Å²) in [7, 11) is 0. The molecule has 4 aromatic rings. The van der Waals surface area contributed by atoms with Gasteiger partial charge in [0.15, 0.2) is 5.65 Å². The van der Waals surface area contributed by atoms with Crippen molar-refractivity contribution in [2.45, 2.75) is 0 Å². The molecule has 0 aliphatic carbocycles. The summed E-state index contributed by atoms with van der Waals surface area (Å²) < 4.78 is 1.64. The van der Waals surface area contributed by atoms with Crippen LogP contribution >= 0.6 is 34.8 Å². The smallest absolute Gasteiger partial charge is 0.258 e. The van der Waals surface area contributed by atoms with Crippen molar-refractivity contribution in [3.8, 4) is 5.69 Å². The van der Waals surface area contributed by atoms with E-state index in [1.54, 1.807) is 47.3 Å². The standard InChI is InChI=1S/C19H11Cl3N4O/c20-11-1-5-13(6-2-11)25-19(27)16-9-23-18-15(17(16)22)10-24-26(18)14-7-3-12(21)4-8-14/h1-10H,(H,25,27). The molecule has 4 rings (SSSR count). The fourth-order valence-electron chi connectivity index (χ4n) is 2.61. The Kier molecular flexibility index (Phi) is 4.74. The number of hydrogen-bond donors (Lipinski definition) is 1. The average molecular weight is 418 g/mol. The van der Waals surface area contributed by atoms with E-state index in [1.165, 1.54) is 6.20 Å². The van der Waals surface area contributed by atoms with Gasteiger partial charge in [-0.3, -0.25) is 4.79 Å². The quantitative estimate of drug-likeness (QED) is 0.470. The number of nitrogens with zero attached hydrogens (tertiary/aromatic N) is 3. The van der Waals surface area contributed by atoms with E-state index in [1.807, 2.05) is 12.1 Å². The molecule has 2 heterocycles. The Hall–Kier alpha value is -2.60. The molecule has 0 saturated heterocycles. The zero-order valence-corrected chi connectivity index (χ0v) is 15.9. The molecule has 5 nitrogen and oxygen atoms in total. The molecule has 0 saturated carbocycles. The average Bonchev–Trinajstić information content (AvgIpc) is 3.09. The summed E-state index contributed by atoms with van der Waals surface area (Å²) in [4.78, 5) is 16.9. The van der Waals surface area contributed by atoms with Gasteiger partial charge in [0.05, 0.1) is 27.9 Å². The lowest BCUT2D eigenvalue weighted by molar-refractivity contribution is 0.102. The minimum absolute atomic E-state index is 0.259. The van der Waals surface area contributed by atoms with Crippen molar-refractivity contribution in [3.05, 3.63) is 81.6 Å². The van der Waals surface area contributed by atoms with Gasteiger partial charge in [0.2, 0.25) is 0 Å². The Balaban J connectivity index is 1.69. The van der Waals surface area contributed by atoms with E-state index in [0.29, 0.717) is 26.8 Å². The second-order valence-electron chi connectivity index (χ2n) is 5.72. The van der Waals surface area contributed by atoms with Gasteiger partial charge in [0.1, 0.15) is 0 Å². The molecule has 0 aliphatic rings. The van der Waals surface area contributed by atoms with E-state index < -0.39 is 0 Å². The molecule has 1 N–H and O–H groups in total. The topological polar surface area (TPSA) is 59.8 Å². The lowest BCUT2D eigenvalue weighted by Crippen LogP contribution is -2.13. The van der Waals surface area contributed by atoms with Gasteiger partial charge in [-0.2, -0.15) is 5.10 Å². The fourth-order valence-corrected chi connectivity index (χ4v) is 3.13. The highest BCUT2D eigenvalue weighted by atomic mass is 35.5. The molecule has 2 aromatic heterocycles. The summed E-state index contributed by atoms with van der Waals surface area (Å²) in [5, 5.41) is 9.18. The van der Waals surface area contributed by atoms with E-state index in [-0.39, 0.29) is 16.5 Å². The zero-order valence-electron chi connectivity index (χ0n) is 13.7. The van der Waals surface area contributed by atoms with Crippen molar-refractivity contribution in [3.63, 3.8) is 0 Å². The summed E-state index contributed by atoms with van der Waals surface area (Å²) in [5.41, 5.74) is 2.20. The first-order chi connectivity index (χ1) is 13.0. The predicted octanol–water partition coefficient (Wildman–Crippen LogP) is 5.63. The number of aromatic nitrogens is 3. The second kappa shape index (κ2) is 7.19. The highest BCUT2D eigenvalue weighted by Gasteiger charge is 2.17. The van der Waals surface area contributed by atoms with Gasteiger partial charge in [-0.15, -0.1) is 0 Å². The molecule has 0 radical (unpaired) electrons. The van der Waals surface area contributed by atoms with Crippen molar-refractivity contribution in [1.29, 1.82) is 0 Å². The first-order valence-electron chi connectivity index (χ1n) is 7.88. The number of pyridine rings is 1. The number of nitrogens with one attached hydrogen (secondary N) is 1. The predicted molar refractivity (Wildman–Crippen MR) is 108 cm³/mol. The van der Waals surface area contributed by atoms with E-state index in [2.05, 4.69) is 15.4 Å². The van der Waals surface area contributed by atoms with Crippen LogP contribution in [0.1, 0.15) is 10.4 Å². The SMILES string of the molecule is O=C(Nc1ccc(Cl)cc1)c1cnc2c(cnn2-c2ccc(Cl)cc2)c1Cl. The van der Waals surface area contributed by atoms with Crippen molar-refractivity contribution in [2.75, 3.05) is 5.32 Å². The van der Waals surface area contributed by atoms with Gasteiger partial charge in [0, 0.05) is 21.9 Å². The molecule has 0 aliphatic heterocycles. The van der Waals surface area contributed by atoms with Crippen molar-refractivity contribution < 1.29 is 4.79 Å². The summed E-state index contributed by atoms with van der Waals surface area (Å²) in [6.45, 7) is 0. The van der Waals surface area contributed by atoms with Gasteiger partial charge in [-0.05, 0) is 48.5 Å². The zero-order chi connectivity index (χ0) is 19.0. The van der Waals surface area contributed by atoms with Crippen molar-refractivity contribution in [1.82, 2.24) is 14.8 Å². The summed E-state index contributed by atoms with van der Waals surface area (Å²) in [6.07, 6.45) is 3.02. The number of benzene rings is 2. The molecular weight excluding hydrogens is 407 g/mol. The normalized spacial score (nSPS) is 10.9. The highest BCUT2D eigenvalue weighted by Crippen LogP contribution is 2.28. The van der Waals surface area contributed by atoms with Crippen LogP contribution in [-0.2, 0) is 0 Å². The number of carbonyl (C=O) groups is 1. The lowest BCUT2D eigenvalue weighted by Gasteiger charge is -2.08. The number of carbonyl (C=O) groups excluding carboxylic acids is 1. The van der Waals surface area contributed by atoms with Gasteiger partial charge in [-0.1, -0.05) is 34.8 Å². The summed E-state index contributed by atoms with van der Waals surface area (Å²) >= 11 is 18.2. The molecule has 2 aromatic carbocycles. The van der Waals surface area contributed by atoms with E-state index in [9.17, 15) is 4.79 Å². The molecule has 0 unspecified atom stereocenters. The monoisotopic (exact) mass is 416 g/mol. The van der Waals surface area contributed by atoms with E-state index >= 15 is 0 Å². The number of halogens is 3. The van der Waals surface area contributed by atoms with Crippen molar-refractivity contribution >= 4 is 57.4 Å². The minimum Gasteiger partial charge on any atom is -0.322 e. The number of rotatable bonds is 3. The van der Waals surface area contributed by atoms with Gasteiger partial charge in [-0.25, -0.2) is 9.67 Å². The van der Waals surface area contributed by atoms with Crippen LogP contribution in [0.3, 0.4) is 0 Å². The molecule has 0 spiro atoms. The summed E-state index contributed by atoms with van der Waals surface area (Å²) in [6, 6.07) is 14.0. The minimum atomic E-state index is -0.365. The number of fused-ring (bicyclic) bond motifs is 1.